The Bertz CT molecular complexity index is 491. The molecule has 2 saturated heterocycles. The molecule has 2 fully saturated rings. The molecule has 0 aliphatic carbocycles. The molecule has 0 atom stereocenters. The number of rotatable bonds is 2. The molecule has 2 aliphatic heterocycles. The van der Waals surface area contributed by atoms with Gasteiger partial charge in [0.1, 0.15) is 0 Å². The highest BCUT2D eigenvalue weighted by Gasteiger charge is 2.52. The van der Waals surface area contributed by atoms with Crippen LogP contribution in [0.3, 0.4) is 0 Å². The Hall–Kier alpha value is -0.845. The monoisotopic (exact) mass is 291 g/mol. The molecule has 21 heavy (non-hydrogen) atoms. The van der Waals surface area contributed by atoms with Crippen LogP contribution in [0.5, 0.6) is 0 Å². The zero-order valence-corrected chi connectivity index (χ0v) is 13.8. The molecule has 2 aliphatic rings. The minimum atomic E-state index is -0.310. The van der Waals surface area contributed by atoms with Crippen LogP contribution >= 0.6 is 0 Å². The van der Waals surface area contributed by atoms with Gasteiger partial charge in [-0.15, -0.1) is 0 Å². The molecule has 0 N–H and O–H groups in total. The number of hydrogen-bond donors (Lipinski definition) is 0. The van der Waals surface area contributed by atoms with Crippen molar-refractivity contribution in [1.82, 2.24) is 14.7 Å². The van der Waals surface area contributed by atoms with E-state index < -0.39 is 0 Å². The van der Waals surface area contributed by atoms with Crippen LogP contribution in [0.4, 0.5) is 0 Å². The van der Waals surface area contributed by atoms with E-state index in [4.69, 9.17) is 9.31 Å². The lowest BCUT2D eigenvalue weighted by Crippen LogP contribution is -2.41. The third-order valence-corrected chi connectivity index (χ3v) is 5.21. The van der Waals surface area contributed by atoms with Crippen LogP contribution in [0.2, 0.25) is 0 Å². The van der Waals surface area contributed by atoms with Crippen molar-refractivity contribution in [3.8, 4) is 0 Å². The number of nitrogens with zero attached hydrogens (tertiary/aromatic N) is 3. The van der Waals surface area contributed by atoms with Gasteiger partial charge in [-0.3, -0.25) is 4.68 Å². The zero-order chi connectivity index (χ0) is 15.3. The van der Waals surface area contributed by atoms with Gasteiger partial charge in [0.2, 0.25) is 0 Å². The number of piperidine rings is 1. The summed E-state index contributed by atoms with van der Waals surface area (Å²) < 4.78 is 14.3. The third kappa shape index (κ3) is 2.76. The zero-order valence-electron chi connectivity index (χ0n) is 13.8. The number of aromatic nitrogens is 2. The second-order valence-electron chi connectivity index (χ2n) is 7.38. The van der Waals surface area contributed by atoms with Crippen molar-refractivity contribution >= 4 is 12.6 Å². The Morgan fingerprint density at radius 2 is 1.71 bits per heavy atom. The number of likely N-dealkylation sites (tertiary alicyclic amines) is 1. The molecular weight excluding hydrogens is 265 g/mol. The fraction of sp³-hybridized carbons (Fsp3) is 0.800. The maximum atomic E-state index is 6.08. The van der Waals surface area contributed by atoms with Crippen molar-refractivity contribution in [3.63, 3.8) is 0 Å². The highest BCUT2D eigenvalue weighted by molar-refractivity contribution is 6.61. The van der Waals surface area contributed by atoms with Gasteiger partial charge in [-0.25, -0.2) is 0 Å². The van der Waals surface area contributed by atoms with E-state index in [9.17, 15) is 0 Å². The van der Waals surface area contributed by atoms with Crippen LogP contribution in [-0.2, 0) is 9.31 Å². The largest absolute Gasteiger partial charge is 0.498 e. The molecule has 0 aromatic carbocycles. The maximum absolute atomic E-state index is 6.08. The Morgan fingerprint density at radius 3 is 2.29 bits per heavy atom. The lowest BCUT2D eigenvalue weighted by molar-refractivity contribution is 0.00578. The lowest BCUT2D eigenvalue weighted by atomic mass is 9.82. The van der Waals surface area contributed by atoms with Crippen molar-refractivity contribution in [1.29, 1.82) is 0 Å². The second-order valence-corrected chi connectivity index (χ2v) is 7.38. The van der Waals surface area contributed by atoms with E-state index >= 15 is 0 Å². The van der Waals surface area contributed by atoms with Gasteiger partial charge >= 0.3 is 7.12 Å². The van der Waals surface area contributed by atoms with Gasteiger partial charge in [0.15, 0.2) is 0 Å². The van der Waals surface area contributed by atoms with Gasteiger partial charge in [0, 0.05) is 17.9 Å². The highest BCUT2D eigenvalue weighted by Crippen LogP contribution is 2.36. The molecule has 0 radical (unpaired) electrons. The molecule has 0 amide bonds. The summed E-state index contributed by atoms with van der Waals surface area (Å²) in [4.78, 5) is 2.37. The quantitative estimate of drug-likeness (QED) is 0.773. The molecule has 6 heteroatoms. The van der Waals surface area contributed by atoms with E-state index in [1.54, 1.807) is 0 Å². The first kappa shape index (κ1) is 15.1. The first-order valence-electron chi connectivity index (χ1n) is 7.87. The first-order chi connectivity index (χ1) is 9.78. The molecular formula is C15H26BN3O2. The summed E-state index contributed by atoms with van der Waals surface area (Å²) >= 11 is 0. The van der Waals surface area contributed by atoms with Crippen LogP contribution in [0.15, 0.2) is 12.4 Å². The van der Waals surface area contributed by atoms with E-state index in [-0.39, 0.29) is 18.3 Å². The van der Waals surface area contributed by atoms with E-state index in [0.717, 1.165) is 31.4 Å². The summed E-state index contributed by atoms with van der Waals surface area (Å²) in [6.07, 6.45) is 6.29. The SMILES string of the molecule is CN1CCC(n2cc(B3OC(C)(C)C(C)(C)O3)cn2)CC1. The molecule has 0 saturated carbocycles. The predicted molar refractivity (Wildman–Crippen MR) is 83.7 cm³/mol. The highest BCUT2D eigenvalue weighted by atomic mass is 16.7. The molecule has 3 heterocycles. The smallest absolute Gasteiger partial charge is 0.399 e. The average Bonchev–Trinajstić information content (AvgIpc) is 2.94. The number of hydrogen-bond acceptors (Lipinski definition) is 4. The van der Waals surface area contributed by atoms with Crippen LogP contribution in [0, 0.1) is 0 Å². The molecule has 1 aromatic rings. The van der Waals surface area contributed by atoms with E-state index in [1.807, 2.05) is 6.20 Å². The van der Waals surface area contributed by atoms with Gasteiger partial charge in [-0.2, -0.15) is 5.10 Å². The summed E-state index contributed by atoms with van der Waals surface area (Å²) in [6.45, 7) is 10.6. The first-order valence-corrected chi connectivity index (χ1v) is 7.87. The molecule has 0 unspecified atom stereocenters. The topological polar surface area (TPSA) is 39.5 Å². The van der Waals surface area contributed by atoms with Crippen molar-refractivity contribution in [2.24, 2.45) is 0 Å². The molecule has 0 bridgehead atoms. The van der Waals surface area contributed by atoms with Crippen LogP contribution in [-0.4, -0.2) is 53.1 Å². The van der Waals surface area contributed by atoms with E-state index in [0.29, 0.717) is 6.04 Å². The van der Waals surface area contributed by atoms with E-state index in [2.05, 4.69) is 55.6 Å². The fourth-order valence-electron chi connectivity index (χ4n) is 2.91. The summed E-state index contributed by atoms with van der Waals surface area (Å²) in [5, 5.41) is 4.54. The van der Waals surface area contributed by atoms with E-state index in [1.165, 1.54) is 0 Å². The minimum Gasteiger partial charge on any atom is -0.399 e. The van der Waals surface area contributed by atoms with Crippen molar-refractivity contribution in [3.05, 3.63) is 12.4 Å². The Kier molecular flexibility index (Phi) is 3.67. The van der Waals surface area contributed by atoms with Crippen LogP contribution in [0.25, 0.3) is 0 Å². The molecule has 1 aromatic heterocycles. The second kappa shape index (κ2) is 5.11. The summed E-state index contributed by atoms with van der Waals surface area (Å²) in [5.41, 5.74) is 0.424. The molecule has 5 nitrogen and oxygen atoms in total. The van der Waals surface area contributed by atoms with Crippen LogP contribution in [0.1, 0.15) is 46.6 Å². The van der Waals surface area contributed by atoms with Gasteiger partial charge in [-0.1, -0.05) is 0 Å². The summed E-state index contributed by atoms with van der Waals surface area (Å²) in [5.74, 6) is 0. The van der Waals surface area contributed by atoms with Crippen molar-refractivity contribution in [2.45, 2.75) is 57.8 Å². The van der Waals surface area contributed by atoms with Crippen LogP contribution < -0.4 is 5.46 Å². The van der Waals surface area contributed by atoms with Gasteiger partial charge in [0.05, 0.1) is 17.2 Å². The predicted octanol–water partition coefficient (Wildman–Crippen LogP) is 1.45. The van der Waals surface area contributed by atoms with Gasteiger partial charge < -0.3 is 14.2 Å². The normalized spacial score (nSPS) is 26.4. The molecule has 3 rings (SSSR count). The third-order valence-electron chi connectivity index (χ3n) is 5.21. The molecule has 116 valence electrons. The fourth-order valence-corrected chi connectivity index (χ4v) is 2.91. The van der Waals surface area contributed by atoms with Crippen molar-refractivity contribution < 1.29 is 9.31 Å². The maximum Gasteiger partial charge on any atom is 0.498 e. The Labute approximate surface area is 127 Å². The lowest BCUT2D eigenvalue weighted by Gasteiger charge is -2.32. The standard InChI is InChI=1S/C15H26BN3O2/c1-14(2)15(3,4)21-16(20-14)12-10-17-19(11-12)13-6-8-18(5)9-7-13/h10-11,13H,6-9H2,1-5H3. The minimum absolute atomic E-state index is 0.298. The average molecular weight is 291 g/mol. The molecule has 0 spiro atoms. The van der Waals surface area contributed by atoms with Gasteiger partial charge in [0.25, 0.3) is 0 Å². The Morgan fingerprint density at radius 1 is 1.14 bits per heavy atom. The summed E-state index contributed by atoms with van der Waals surface area (Å²) in [7, 11) is 1.87. The van der Waals surface area contributed by atoms with Gasteiger partial charge in [-0.05, 0) is 60.7 Å². The van der Waals surface area contributed by atoms with Crippen molar-refractivity contribution in [2.75, 3.05) is 20.1 Å². The summed E-state index contributed by atoms with van der Waals surface area (Å²) in [6, 6.07) is 0.498. The Balaban J connectivity index is 1.71.